The molecule has 92 valence electrons. The minimum Gasteiger partial charge on any atom is -0.462 e. The lowest BCUT2D eigenvalue weighted by atomic mass is 10.1. The molecule has 0 saturated carbocycles. The van der Waals surface area contributed by atoms with Gasteiger partial charge in [0.25, 0.3) is 0 Å². The number of hydrogen-bond donors (Lipinski definition) is 1. The second kappa shape index (κ2) is 6.21. The average Bonchev–Trinajstić information content (AvgIpc) is 2.38. The smallest absolute Gasteiger partial charge is 0.323 e. The van der Waals surface area contributed by atoms with Crippen LogP contribution in [0.25, 0.3) is 0 Å². The van der Waals surface area contributed by atoms with E-state index in [1.165, 1.54) is 6.42 Å². The van der Waals surface area contributed by atoms with Gasteiger partial charge in [0, 0.05) is 6.61 Å². The first-order valence-electron chi connectivity index (χ1n) is 6.38. The minimum atomic E-state index is -0.103. The van der Waals surface area contributed by atoms with Gasteiger partial charge < -0.3 is 14.8 Å². The molecule has 0 bridgehead atoms. The minimum absolute atomic E-state index is 0.0858. The van der Waals surface area contributed by atoms with Crippen molar-refractivity contribution in [1.29, 1.82) is 0 Å². The topological polar surface area (TPSA) is 47.6 Å². The highest BCUT2D eigenvalue weighted by Crippen LogP contribution is 2.14. The molecule has 0 radical (unpaired) electrons. The maximum Gasteiger partial charge on any atom is 0.323 e. The first kappa shape index (κ1) is 11.9. The summed E-state index contributed by atoms with van der Waals surface area (Å²) in [6.45, 7) is 2.17. The summed E-state index contributed by atoms with van der Waals surface area (Å²) < 4.78 is 10.8. The molecule has 2 atom stereocenters. The summed E-state index contributed by atoms with van der Waals surface area (Å²) in [5, 5.41) is 3.19. The number of ether oxygens (including phenoxy) is 2. The van der Waals surface area contributed by atoms with Crippen LogP contribution in [0.1, 0.15) is 38.5 Å². The largest absolute Gasteiger partial charge is 0.462 e. The van der Waals surface area contributed by atoms with Gasteiger partial charge in [-0.2, -0.15) is 0 Å². The molecule has 0 spiro atoms. The molecule has 0 aromatic carbocycles. The normalized spacial score (nSPS) is 31.0. The van der Waals surface area contributed by atoms with Crippen molar-refractivity contribution in [3.63, 3.8) is 0 Å². The summed E-state index contributed by atoms with van der Waals surface area (Å²) in [5.74, 6) is -0.103. The van der Waals surface area contributed by atoms with E-state index >= 15 is 0 Å². The van der Waals surface area contributed by atoms with Gasteiger partial charge in [-0.25, -0.2) is 0 Å². The van der Waals surface area contributed by atoms with Crippen molar-refractivity contribution in [3.8, 4) is 0 Å². The maximum absolute atomic E-state index is 11.7. The molecule has 1 unspecified atom stereocenters. The highest BCUT2D eigenvalue weighted by Gasteiger charge is 2.23. The zero-order chi connectivity index (χ0) is 11.2. The third kappa shape index (κ3) is 3.46. The second-order valence-corrected chi connectivity index (χ2v) is 4.62. The zero-order valence-corrected chi connectivity index (χ0v) is 9.74. The van der Waals surface area contributed by atoms with Crippen molar-refractivity contribution in [2.24, 2.45) is 0 Å². The van der Waals surface area contributed by atoms with Gasteiger partial charge in [0.1, 0.15) is 12.6 Å². The van der Waals surface area contributed by atoms with Crippen LogP contribution in [0, 0.1) is 0 Å². The van der Waals surface area contributed by atoms with Crippen molar-refractivity contribution >= 4 is 5.97 Å². The van der Waals surface area contributed by atoms with Crippen LogP contribution >= 0.6 is 0 Å². The van der Waals surface area contributed by atoms with E-state index in [1.807, 2.05) is 0 Å². The van der Waals surface area contributed by atoms with Gasteiger partial charge in [-0.05, 0) is 38.6 Å². The molecule has 4 nitrogen and oxygen atoms in total. The molecule has 0 aromatic heterocycles. The first-order chi connectivity index (χ1) is 7.86. The summed E-state index contributed by atoms with van der Waals surface area (Å²) in [7, 11) is 0. The summed E-state index contributed by atoms with van der Waals surface area (Å²) in [4.78, 5) is 11.7. The molecule has 16 heavy (non-hydrogen) atoms. The van der Waals surface area contributed by atoms with Gasteiger partial charge in [-0.3, -0.25) is 4.79 Å². The number of hydrogen-bond acceptors (Lipinski definition) is 4. The van der Waals surface area contributed by atoms with E-state index in [4.69, 9.17) is 9.47 Å². The lowest BCUT2D eigenvalue weighted by molar-refractivity contribution is -0.152. The third-order valence-electron chi connectivity index (χ3n) is 3.28. The van der Waals surface area contributed by atoms with Gasteiger partial charge in [-0.15, -0.1) is 0 Å². The van der Waals surface area contributed by atoms with E-state index in [9.17, 15) is 4.79 Å². The van der Waals surface area contributed by atoms with Crippen LogP contribution in [0.5, 0.6) is 0 Å². The molecule has 2 aliphatic rings. The predicted molar refractivity (Wildman–Crippen MR) is 60.2 cm³/mol. The molecular formula is C12H21NO3. The Hall–Kier alpha value is -0.610. The van der Waals surface area contributed by atoms with Gasteiger partial charge in [0.05, 0.1) is 6.10 Å². The van der Waals surface area contributed by atoms with Crippen molar-refractivity contribution in [1.82, 2.24) is 5.32 Å². The van der Waals surface area contributed by atoms with Crippen LogP contribution in [0.2, 0.25) is 0 Å². The Morgan fingerprint density at radius 3 is 2.81 bits per heavy atom. The Balaban J connectivity index is 1.65. The quantitative estimate of drug-likeness (QED) is 0.737. The van der Waals surface area contributed by atoms with Gasteiger partial charge in [0.2, 0.25) is 0 Å². The number of piperidine rings is 1. The Bertz CT molecular complexity index is 220. The fourth-order valence-electron chi connectivity index (χ4n) is 2.27. The molecule has 4 heteroatoms. The number of carbonyl (C=O) groups excluding carboxylic acids is 1. The molecule has 1 N–H and O–H groups in total. The van der Waals surface area contributed by atoms with Crippen molar-refractivity contribution in [3.05, 3.63) is 0 Å². The molecule has 0 amide bonds. The molecule has 0 aromatic rings. The van der Waals surface area contributed by atoms with Crippen LogP contribution in [-0.2, 0) is 14.3 Å². The highest BCUT2D eigenvalue weighted by atomic mass is 16.6. The van der Waals surface area contributed by atoms with E-state index in [0.717, 1.165) is 45.3 Å². The molecule has 2 rings (SSSR count). The monoisotopic (exact) mass is 227 g/mol. The SMILES string of the molecule is O=C(OCC1CCCCO1)[C@@H]1CCCCN1. The molecule has 2 aliphatic heterocycles. The standard InChI is InChI=1S/C12H21NO3/c14-12(11-6-1-3-7-13-11)16-9-10-5-2-4-8-15-10/h10-11,13H,1-9H2/t10?,11-/m0/s1. The third-order valence-corrected chi connectivity index (χ3v) is 3.28. The van der Waals surface area contributed by atoms with Gasteiger partial charge in [-0.1, -0.05) is 6.42 Å². The van der Waals surface area contributed by atoms with Crippen molar-refractivity contribution < 1.29 is 14.3 Å². The predicted octanol–water partition coefficient (Wildman–Crippen LogP) is 1.24. The summed E-state index contributed by atoms with van der Waals surface area (Å²) >= 11 is 0. The van der Waals surface area contributed by atoms with Crippen LogP contribution in [0.15, 0.2) is 0 Å². The van der Waals surface area contributed by atoms with Crippen LogP contribution in [0.3, 0.4) is 0 Å². The Morgan fingerprint density at radius 1 is 1.25 bits per heavy atom. The number of carbonyl (C=O) groups is 1. The van der Waals surface area contributed by atoms with Crippen molar-refractivity contribution in [2.75, 3.05) is 19.8 Å². The average molecular weight is 227 g/mol. The molecule has 0 aliphatic carbocycles. The van der Waals surface area contributed by atoms with E-state index in [2.05, 4.69) is 5.32 Å². The fraction of sp³-hybridized carbons (Fsp3) is 0.917. The van der Waals surface area contributed by atoms with Crippen LogP contribution in [0.4, 0.5) is 0 Å². The Morgan fingerprint density at radius 2 is 2.12 bits per heavy atom. The first-order valence-corrected chi connectivity index (χ1v) is 6.38. The van der Waals surface area contributed by atoms with E-state index in [-0.39, 0.29) is 18.1 Å². The van der Waals surface area contributed by atoms with Crippen LogP contribution < -0.4 is 5.32 Å². The zero-order valence-electron chi connectivity index (χ0n) is 9.74. The van der Waals surface area contributed by atoms with Gasteiger partial charge in [0.15, 0.2) is 0 Å². The number of esters is 1. The molecule has 2 saturated heterocycles. The lowest BCUT2D eigenvalue weighted by Gasteiger charge is -2.25. The fourth-order valence-corrected chi connectivity index (χ4v) is 2.27. The summed E-state index contributed by atoms with van der Waals surface area (Å²) in [6.07, 6.45) is 6.65. The molecular weight excluding hydrogens is 206 g/mol. The van der Waals surface area contributed by atoms with E-state index in [1.54, 1.807) is 0 Å². The number of nitrogens with one attached hydrogen (secondary N) is 1. The van der Waals surface area contributed by atoms with E-state index < -0.39 is 0 Å². The van der Waals surface area contributed by atoms with Crippen molar-refractivity contribution in [2.45, 2.75) is 50.7 Å². The van der Waals surface area contributed by atoms with E-state index in [0.29, 0.717) is 6.61 Å². The molecule has 2 heterocycles. The van der Waals surface area contributed by atoms with Crippen LogP contribution in [-0.4, -0.2) is 37.9 Å². The summed E-state index contributed by atoms with van der Waals surface area (Å²) in [5.41, 5.74) is 0. The molecule has 2 fully saturated rings. The number of rotatable bonds is 3. The maximum atomic E-state index is 11.7. The highest BCUT2D eigenvalue weighted by molar-refractivity contribution is 5.75. The summed E-state index contributed by atoms with van der Waals surface area (Å²) in [6, 6.07) is -0.0858. The lowest BCUT2D eigenvalue weighted by Crippen LogP contribution is -2.42. The Kier molecular flexibility index (Phi) is 4.60. The second-order valence-electron chi connectivity index (χ2n) is 4.62. The Labute approximate surface area is 96.7 Å². The van der Waals surface area contributed by atoms with Gasteiger partial charge >= 0.3 is 5.97 Å².